The summed E-state index contributed by atoms with van der Waals surface area (Å²) in [4.78, 5) is 25.9. The van der Waals surface area contributed by atoms with E-state index >= 15 is 0 Å². The van der Waals surface area contributed by atoms with Crippen molar-refractivity contribution >= 4 is 17.4 Å². The van der Waals surface area contributed by atoms with E-state index in [0.29, 0.717) is 11.3 Å². The molecule has 1 aromatic carbocycles. The maximum atomic E-state index is 12.5. The number of anilines is 1. The van der Waals surface area contributed by atoms with Crippen molar-refractivity contribution in [2.24, 2.45) is 5.41 Å². The molecule has 0 bridgehead atoms. The fourth-order valence-electron chi connectivity index (χ4n) is 2.43. The lowest BCUT2D eigenvalue weighted by atomic mass is 9.81. The van der Waals surface area contributed by atoms with Gasteiger partial charge in [0, 0.05) is 17.9 Å². The van der Waals surface area contributed by atoms with E-state index in [4.69, 9.17) is 0 Å². The Hall–Kier alpha value is -1.90. The third-order valence-corrected chi connectivity index (χ3v) is 3.51. The minimum Gasteiger partial charge on any atom is -0.300 e. The number of para-hydroxylation sites is 1. The molecule has 0 saturated heterocycles. The second kappa shape index (κ2) is 4.09. The summed E-state index contributed by atoms with van der Waals surface area (Å²) in [5, 5.41) is 0. The minimum atomic E-state index is -0.495. The number of hydrogen-bond acceptors (Lipinski definition) is 2. The third kappa shape index (κ3) is 1.67. The van der Waals surface area contributed by atoms with Gasteiger partial charge in [0.25, 0.3) is 0 Å². The Morgan fingerprint density at radius 3 is 2.56 bits per heavy atom. The number of carbonyl (C=O) groups is 2. The Bertz CT molecular complexity index is 531. The van der Waals surface area contributed by atoms with Gasteiger partial charge in [-0.15, -0.1) is 6.58 Å². The first-order valence-corrected chi connectivity index (χ1v) is 5.97. The lowest BCUT2D eigenvalue weighted by Crippen LogP contribution is -2.47. The molecule has 0 fully saturated rings. The Balaban J connectivity index is 2.61. The van der Waals surface area contributed by atoms with Crippen molar-refractivity contribution < 1.29 is 9.59 Å². The average molecular weight is 243 g/mol. The van der Waals surface area contributed by atoms with Crippen molar-refractivity contribution in [2.75, 3.05) is 4.90 Å². The maximum absolute atomic E-state index is 12.5. The summed E-state index contributed by atoms with van der Waals surface area (Å²) in [7, 11) is 0. The molecule has 1 heterocycles. The molecule has 1 aliphatic rings. The molecule has 0 N–H and O–H groups in total. The van der Waals surface area contributed by atoms with Crippen molar-refractivity contribution in [2.45, 2.75) is 26.8 Å². The summed E-state index contributed by atoms with van der Waals surface area (Å²) in [6.07, 6.45) is 1.73. The number of carbonyl (C=O) groups excluding carboxylic acids is 2. The SMILES string of the molecule is C=CC(C)(C)C1C(=O)c2ccccc2N1C(C)=O. The van der Waals surface area contributed by atoms with Gasteiger partial charge in [-0.25, -0.2) is 0 Å². The van der Waals surface area contributed by atoms with Gasteiger partial charge >= 0.3 is 0 Å². The Labute approximate surface area is 107 Å². The number of hydrogen-bond donors (Lipinski definition) is 0. The highest BCUT2D eigenvalue weighted by Crippen LogP contribution is 2.40. The van der Waals surface area contributed by atoms with Crippen LogP contribution in [0, 0.1) is 5.41 Å². The fourth-order valence-corrected chi connectivity index (χ4v) is 2.43. The van der Waals surface area contributed by atoms with Gasteiger partial charge in [-0.1, -0.05) is 32.1 Å². The van der Waals surface area contributed by atoms with Crippen LogP contribution < -0.4 is 4.90 Å². The summed E-state index contributed by atoms with van der Waals surface area (Å²) in [6.45, 7) is 9.11. The second-order valence-corrected chi connectivity index (χ2v) is 5.20. The van der Waals surface area contributed by atoms with Gasteiger partial charge in [0.1, 0.15) is 6.04 Å². The first kappa shape index (κ1) is 12.6. The van der Waals surface area contributed by atoms with Crippen LogP contribution in [0.2, 0.25) is 0 Å². The van der Waals surface area contributed by atoms with Crippen molar-refractivity contribution in [1.82, 2.24) is 0 Å². The largest absolute Gasteiger partial charge is 0.300 e. The van der Waals surface area contributed by atoms with Gasteiger partial charge in [-0.2, -0.15) is 0 Å². The van der Waals surface area contributed by atoms with Crippen LogP contribution in [0.3, 0.4) is 0 Å². The summed E-state index contributed by atoms with van der Waals surface area (Å²) in [5.74, 6) is -0.126. The molecular weight excluding hydrogens is 226 g/mol. The smallest absolute Gasteiger partial charge is 0.224 e. The summed E-state index contributed by atoms with van der Waals surface area (Å²) in [5.41, 5.74) is 0.865. The van der Waals surface area contributed by atoms with Crippen LogP contribution in [-0.4, -0.2) is 17.7 Å². The predicted molar refractivity (Wildman–Crippen MR) is 71.7 cm³/mol. The summed E-state index contributed by atoms with van der Waals surface area (Å²) < 4.78 is 0. The number of fused-ring (bicyclic) bond motifs is 1. The lowest BCUT2D eigenvalue weighted by molar-refractivity contribution is -0.117. The topological polar surface area (TPSA) is 37.4 Å². The molecule has 2 rings (SSSR count). The van der Waals surface area contributed by atoms with Gasteiger partial charge in [-0.3, -0.25) is 9.59 Å². The number of amides is 1. The molecule has 0 spiro atoms. The Morgan fingerprint density at radius 1 is 1.39 bits per heavy atom. The highest BCUT2D eigenvalue weighted by atomic mass is 16.2. The van der Waals surface area contributed by atoms with Crippen molar-refractivity contribution in [3.8, 4) is 0 Å². The van der Waals surface area contributed by atoms with Crippen molar-refractivity contribution in [1.29, 1.82) is 0 Å². The molecule has 3 nitrogen and oxygen atoms in total. The average Bonchev–Trinajstić information content (AvgIpc) is 2.64. The van der Waals surface area contributed by atoms with Gasteiger partial charge < -0.3 is 4.90 Å². The number of benzene rings is 1. The van der Waals surface area contributed by atoms with Crippen LogP contribution in [0.1, 0.15) is 31.1 Å². The molecule has 1 amide bonds. The summed E-state index contributed by atoms with van der Waals surface area (Å²) in [6, 6.07) is 6.74. The first-order chi connectivity index (χ1) is 8.40. The monoisotopic (exact) mass is 243 g/mol. The molecule has 94 valence electrons. The third-order valence-electron chi connectivity index (χ3n) is 3.51. The molecule has 0 radical (unpaired) electrons. The van der Waals surface area contributed by atoms with E-state index in [1.54, 1.807) is 17.0 Å². The Morgan fingerprint density at radius 2 is 2.00 bits per heavy atom. The van der Waals surface area contributed by atoms with E-state index in [9.17, 15) is 9.59 Å². The van der Waals surface area contributed by atoms with Gasteiger partial charge in [-0.05, 0) is 12.1 Å². The molecule has 0 aliphatic carbocycles. The van der Waals surface area contributed by atoms with Gasteiger partial charge in [0.2, 0.25) is 5.91 Å². The van der Waals surface area contributed by atoms with E-state index in [0.717, 1.165) is 0 Å². The molecule has 1 aliphatic heterocycles. The normalized spacial score (nSPS) is 18.7. The van der Waals surface area contributed by atoms with Crippen LogP contribution in [0.5, 0.6) is 0 Å². The molecule has 1 atom stereocenters. The summed E-state index contributed by atoms with van der Waals surface area (Å²) >= 11 is 0. The molecule has 3 heteroatoms. The highest BCUT2D eigenvalue weighted by molar-refractivity contribution is 6.17. The number of ketones is 1. The number of nitrogens with zero attached hydrogens (tertiary/aromatic N) is 1. The zero-order valence-corrected chi connectivity index (χ0v) is 10.9. The van der Waals surface area contributed by atoms with Crippen LogP contribution >= 0.6 is 0 Å². The first-order valence-electron chi connectivity index (χ1n) is 5.97. The van der Waals surface area contributed by atoms with E-state index in [1.165, 1.54) is 6.92 Å². The van der Waals surface area contributed by atoms with Crippen LogP contribution in [0.25, 0.3) is 0 Å². The maximum Gasteiger partial charge on any atom is 0.224 e. The fraction of sp³-hybridized carbons (Fsp3) is 0.333. The molecule has 1 aromatic rings. The molecular formula is C15H17NO2. The number of Topliss-reactive ketones (excluding diaryl/α,β-unsaturated/α-hetero) is 1. The van der Waals surface area contributed by atoms with E-state index in [-0.39, 0.29) is 11.7 Å². The zero-order valence-electron chi connectivity index (χ0n) is 10.9. The zero-order chi connectivity index (χ0) is 13.5. The molecule has 1 unspecified atom stereocenters. The van der Waals surface area contributed by atoms with Gasteiger partial charge in [0.05, 0.1) is 5.69 Å². The lowest BCUT2D eigenvalue weighted by Gasteiger charge is -2.33. The molecule has 0 aromatic heterocycles. The highest BCUT2D eigenvalue weighted by Gasteiger charge is 2.46. The van der Waals surface area contributed by atoms with Gasteiger partial charge in [0.15, 0.2) is 5.78 Å². The Kier molecular flexibility index (Phi) is 2.85. The van der Waals surface area contributed by atoms with E-state index in [2.05, 4.69) is 6.58 Å². The second-order valence-electron chi connectivity index (χ2n) is 5.20. The van der Waals surface area contributed by atoms with Crippen LogP contribution in [-0.2, 0) is 4.79 Å². The van der Waals surface area contributed by atoms with E-state index in [1.807, 2.05) is 32.0 Å². The van der Waals surface area contributed by atoms with Crippen LogP contribution in [0.15, 0.2) is 36.9 Å². The quantitative estimate of drug-likeness (QED) is 0.749. The predicted octanol–water partition coefficient (Wildman–Crippen LogP) is 2.82. The standard InChI is InChI=1S/C15H17NO2/c1-5-15(3,4)14-13(18)11-8-6-7-9-12(11)16(14)10(2)17/h5-9,14H,1H2,2-4H3. The number of rotatable bonds is 2. The molecule has 18 heavy (non-hydrogen) atoms. The minimum absolute atomic E-state index is 0.00861. The van der Waals surface area contributed by atoms with Crippen LogP contribution in [0.4, 0.5) is 5.69 Å². The van der Waals surface area contributed by atoms with Crippen molar-refractivity contribution in [3.05, 3.63) is 42.5 Å². The molecule has 0 saturated carbocycles. The van der Waals surface area contributed by atoms with Crippen molar-refractivity contribution in [3.63, 3.8) is 0 Å². The van der Waals surface area contributed by atoms with E-state index < -0.39 is 11.5 Å².